The largest absolute Gasteiger partial charge is 0.465 e. The van der Waals surface area contributed by atoms with E-state index in [-0.39, 0.29) is 37.1 Å². The van der Waals surface area contributed by atoms with Gasteiger partial charge in [-0.15, -0.1) is 0 Å². The summed E-state index contributed by atoms with van der Waals surface area (Å²) in [5.41, 5.74) is 2.09. The van der Waals surface area contributed by atoms with Gasteiger partial charge in [-0.1, -0.05) is 18.2 Å². The third kappa shape index (κ3) is 4.03. The van der Waals surface area contributed by atoms with Crippen LogP contribution in [0.2, 0.25) is 0 Å². The van der Waals surface area contributed by atoms with Crippen LogP contribution < -0.4 is 5.32 Å². The predicted octanol–water partition coefficient (Wildman–Crippen LogP) is 2.03. The van der Waals surface area contributed by atoms with E-state index in [0.717, 1.165) is 4.90 Å². The molecule has 0 radical (unpaired) electrons. The molecule has 2 aromatic rings. The molecule has 0 aliphatic carbocycles. The highest BCUT2D eigenvalue weighted by Gasteiger charge is 2.30. The number of fused-ring (bicyclic) bond motifs is 1. The van der Waals surface area contributed by atoms with Gasteiger partial charge in [0.15, 0.2) is 0 Å². The van der Waals surface area contributed by atoms with Gasteiger partial charge >= 0.3 is 5.97 Å². The minimum Gasteiger partial charge on any atom is -0.465 e. The summed E-state index contributed by atoms with van der Waals surface area (Å²) in [4.78, 5) is 49.3. The standard InChI is InChI=1S/C20H18N2O5/c1-27-20(26)13-6-8-15(9-7-13)21-17(23)10-11-22-18(24)12-14-4-2-3-5-16(14)19(22)25/h2-9H,10-12H2,1H3,(H,21,23). The first kappa shape index (κ1) is 18.3. The fourth-order valence-corrected chi connectivity index (χ4v) is 2.87. The number of carbonyl (C=O) groups excluding carboxylic acids is 4. The molecule has 0 aromatic heterocycles. The third-order valence-corrected chi connectivity index (χ3v) is 4.29. The number of nitrogens with zero attached hydrogens (tertiary/aromatic N) is 1. The first-order chi connectivity index (χ1) is 13.0. The molecule has 27 heavy (non-hydrogen) atoms. The van der Waals surface area contributed by atoms with E-state index in [2.05, 4.69) is 10.1 Å². The van der Waals surface area contributed by atoms with Gasteiger partial charge in [-0.25, -0.2) is 4.79 Å². The topological polar surface area (TPSA) is 92.8 Å². The summed E-state index contributed by atoms with van der Waals surface area (Å²) in [5.74, 6) is -1.48. The van der Waals surface area contributed by atoms with Gasteiger partial charge in [0, 0.05) is 24.2 Å². The quantitative estimate of drug-likeness (QED) is 0.646. The lowest BCUT2D eigenvalue weighted by Gasteiger charge is -2.26. The Labute approximate surface area is 155 Å². The fraction of sp³-hybridized carbons (Fsp3) is 0.200. The zero-order chi connectivity index (χ0) is 19.4. The second-order valence-corrected chi connectivity index (χ2v) is 6.05. The molecule has 1 heterocycles. The zero-order valence-corrected chi connectivity index (χ0v) is 14.7. The summed E-state index contributed by atoms with van der Waals surface area (Å²) in [6.07, 6.45) is 0.136. The molecule has 3 amide bonds. The molecule has 7 nitrogen and oxygen atoms in total. The van der Waals surface area contributed by atoms with Crippen LogP contribution in [-0.4, -0.2) is 42.2 Å². The van der Waals surface area contributed by atoms with Gasteiger partial charge in [0.05, 0.1) is 19.1 Å². The number of methoxy groups -OCH3 is 1. The van der Waals surface area contributed by atoms with Crippen molar-refractivity contribution in [3.05, 3.63) is 65.2 Å². The van der Waals surface area contributed by atoms with E-state index < -0.39 is 5.97 Å². The highest BCUT2D eigenvalue weighted by Crippen LogP contribution is 2.20. The fourth-order valence-electron chi connectivity index (χ4n) is 2.87. The molecule has 1 aliphatic heterocycles. The summed E-state index contributed by atoms with van der Waals surface area (Å²) in [6.45, 7) is 0.0120. The van der Waals surface area contributed by atoms with Crippen LogP contribution >= 0.6 is 0 Å². The van der Waals surface area contributed by atoms with E-state index in [0.29, 0.717) is 22.4 Å². The Morgan fingerprint density at radius 1 is 1.07 bits per heavy atom. The molecule has 0 saturated heterocycles. The highest BCUT2D eigenvalue weighted by molar-refractivity contribution is 6.10. The average molecular weight is 366 g/mol. The van der Waals surface area contributed by atoms with Crippen LogP contribution in [0.5, 0.6) is 0 Å². The highest BCUT2D eigenvalue weighted by atomic mass is 16.5. The van der Waals surface area contributed by atoms with Crippen molar-refractivity contribution < 1.29 is 23.9 Å². The Balaban J connectivity index is 1.58. The molecule has 3 rings (SSSR count). The van der Waals surface area contributed by atoms with Gasteiger partial charge in [0.1, 0.15) is 0 Å². The van der Waals surface area contributed by atoms with Gasteiger partial charge in [0.25, 0.3) is 5.91 Å². The van der Waals surface area contributed by atoms with Crippen LogP contribution in [0.25, 0.3) is 0 Å². The number of carbonyl (C=O) groups is 4. The normalized spacial score (nSPS) is 13.1. The monoisotopic (exact) mass is 366 g/mol. The van der Waals surface area contributed by atoms with Crippen molar-refractivity contribution in [2.75, 3.05) is 19.0 Å². The minimum atomic E-state index is -0.463. The molecule has 0 atom stereocenters. The van der Waals surface area contributed by atoms with Gasteiger partial charge in [0.2, 0.25) is 11.8 Å². The van der Waals surface area contributed by atoms with E-state index in [4.69, 9.17) is 0 Å². The molecule has 138 valence electrons. The summed E-state index contributed by atoms with van der Waals surface area (Å²) in [7, 11) is 1.29. The average Bonchev–Trinajstić information content (AvgIpc) is 2.67. The molecular weight excluding hydrogens is 348 g/mol. The van der Waals surface area contributed by atoms with Crippen molar-refractivity contribution in [2.24, 2.45) is 0 Å². The molecule has 2 aromatic carbocycles. The number of amides is 3. The van der Waals surface area contributed by atoms with Gasteiger partial charge in [-0.05, 0) is 35.9 Å². The van der Waals surface area contributed by atoms with Crippen LogP contribution in [0.3, 0.4) is 0 Å². The van der Waals surface area contributed by atoms with E-state index in [1.807, 2.05) is 0 Å². The number of benzene rings is 2. The molecule has 1 aliphatic rings. The van der Waals surface area contributed by atoms with E-state index in [9.17, 15) is 19.2 Å². The molecule has 7 heteroatoms. The first-order valence-electron chi connectivity index (χ1n) is 8.40. The smallest absolute Gasteiger partial charge is 0.337 e. The summed E-state index contributed by atoms with van der Waals surface area (Å²) >= 11 is 0. The third-order valence-electron chi connectivity index (χ3n) is 4.29. The molecule has 0 unspecified atom stereocenters. The van der Waals surface area contributed by atoms with E-state index in [1.54, 1.807) is 36.4 Å². The number of hydrogen-bond acceptors (Lipinski definition) is 5. The SMILES string of the molecule is COC(=O)c1ccc(NC(=O)CCN2C(=O)Cc3ccccc3C2=O)cc1. The van der Waals surface area contributed by atoms with Crippen molar-refractivity contribution in [3.63, 3.8) is 0 Å². The summed E-state index contributed by atoms with van der Waals surface area (Å²) < 4.78 is 4.61. The Morgan fingerprint density at radius 3 is 2.48 bits per heavy atom. The van der Waals surface area contributed by atoms with Crippen LogP contribution in [-0.2, 0) is 20.7 Å². The lowest BCUT2D eigenvalue weighted by atomic mass is 9.98. The Morgan fingerprint density at radius 2 is 1.78 bits per heavy atom. The number of hydrogen-bond donors (Lipinski definition) is 1. The number of nitrogens with one attached hydrogen (secondary N) is 1. The number of rotatable bonds is 5. The van der Waals surface area contributed by atoms with Gasteiger partial charge in [-0.2, -0.15) is 0 Å². The van der Waals surface area contributed by atoms with Crippen molar-refractivity contribution in [3.8, 4) is 0 Å². The van der Waals surface area contributed by atoms with Gasteiger partial charge in [-0.3, -0.25) is 19.3 Å². The second kappa shape index (κ2) is 7.82. The van der Waals surface area contributed by atoms with Crippen LogP contribution in [0, 0.1) is 0 Å². The molecule has 0 spiro atoms. The van der Waals surface area contributed by atoms with Crippen molar-refractivity contribution >= 4 is 29.4 Å². The first-order valence-corrected chi connectivity index (χ1v) is 8.40. The predicted molar refractivity (Wildman–Crippen MR) is 97.2 cm³/mol. The van der Waals surface area contributed by atoms with E-state index in [1.165, 1.54) is 19.2 Å². The molecule has 0 fully saturated rings. The lowest BCUT2D eigenvalue weighted by Crippen LogP contribution is -2.43. The van der Waals surface area contributed by atoms with Crippen molar-refractivity contribution in [2.45, 2.75) is 12.8 Å². The maximum absolute atomic E-state index is 12.5. The number of imide groups is 1. The zero-order valence-electron chi connectivity index (χ0n) is 14.7. The van der Waals surface area contributed by atoms with Crippen LogP contribution in [0.15, 0.2) is 48.5 Å². The summed E-state index contributed by atoms with van der Waals surface area (Å²) in [5, 5.41) is 2.67. The number of anilines is 1. The molecule has 0 bridgehead atoms. The summed E-state index contributed by atoms with van der Waals surface area (Å²) in [6, 6.07) is 13.2. The number of esters is 1. The lowest BCUT2D eigenvalue weighted by molar-refractivity contribution is -0.128. The number of ether oxygens (including phenoxy) is 1. The van der Waals surface area contributed by atoms with Crippen LogP contribution in [0.1, 0.15) is 32.7 Å². The van der Waals surface area contributed by atoms with E-state index >= 15 is 0 Å². The minimum absolute atomic E-state index is 0.0120. The Kier molecular flexibility index (Phi) is 5.30. The molecule has 0 saturated carbocycles. The van der Waals surface area contributed by atoms with Gasteiger partial charge < -0.3 is 10.1 Å². The Hall–Kier alpha value is -3.48. The Bertz CT molecular complexity index is 905. The second-order valence-electron chi connectivity index (χ2n) is 6.05. The van der Waals surface area contributed by atoms with Crippen molar-refractivity contribution in [1.82, 2.24) is 4.90 Å². The molecular formula is C20H18N2O5. The van der Waals surface area contributed by atoms with Crippen LogP contribution in [0.4, 0.5) is 5.69 Å². The van der Waals surface area contributed by atoms with Crippen molar-refractivity contribution in [1.29, 1.82) is 0 Å². The maximum atomic E-state index is 12.5. The maximum Gasteiger partial charge on any atom is 0.337 e. The molecule has 1 N–H and O–H groups in total.